The number of nitrogens with zero attached hydrogens (tertiary/aromatic N) is 2. The quantitative estimate of drug-likeness (QED) is 0.432. The van der Waals surface area contributed by atoms with E-state index in [1.807, 2.05) is 26.0 Å². The zero-order chi connectivity index (χ0) is 20.0. The number of carbonyl (C=O) groups excluding carboxylic acids is 3. The van der Waals surface area contributed by atoms with E-state index in [-0.39, 0.29) is 37.2 Å². The molecular formula is C20H27BrN2O4. The van der Waals surface area contributed by atoms with E-state index >= 15 is 0 Å². The lowest BCUT2D eigenvalue weighted by Gasteiger charge is -2.36. The number of carbonyl (C=O) groups is 3. The van der Waals surface area contributed by atoms with Crippen molar-refractivity contribution < 1.29 is 19.1 Å². The fourth-order valence-corrected chi connectivity index (χ4v) is 3.68. The summed E-state index contributed by atoms with van der Waals surface area (Å²) in [5.41, 5.74) is 0.639. The molecule has 148 valence electrons. The van der Waals surface area contributed by atoms with E-state index in [0.29, 0.717) is 18.5 Å². The summed E-state index contributed by atoms with van der Waals surface area (Å²) in [6, 6.07) is 5.96. The summed E-state index contributed by atoms with van der Waals surface area (Å²) in [5.74, 6) is -0.919. The van der Waals surface area contributed by atoms with E-state index in [0.717, 1.165) is 10.9 Å². The molecule has 1 aliphatic rings. The van der Waals surface area contributed by atoms with Gasteiger partial charge in [-0.05, 0) is 44.0 Å². The average Bonchev–Trinajstić information content (AvgIpc) is 2.93. The van der Waals surface area contributed by atoms with Crippen LogP contribution in [0.25, 0.3) is 0 Å². The third-order valence-electron chi connectivity index (χ3n) is 4.52. The van der Waals surface area contributed by atoms with Gasteiger partial charge >= 0.3 is 5.97 Å². The van der Waals surface area contributed by atoms with Crippen LogP contribution in [0, 0.1) is 0 Å². The highest BCUT2D eigenvalue weighted by molar-refractivity contribution is 9.10. The van der Waals surface area contributed by atoms with Crippen LogP contribution in [-0.2, 0) is 19.1 Å². The van der Waals surface area contributed by atoms with Crippen molar-refractivity contribution in [1.82, 2.24) is 5.01 Å². The maximum absolute atomic E-state index is 12.8. The van der Waals surface area contributed by atoms with E-state index < -0.39 is 12.0 Å². The van der Waals surface area contributed by atoms with Crippen molar-refractivity contribution in [3.05, 3.63) is 28.7 Å². The highest BCUT2D eigenvalue weighted by Gasteiger charge is 2.47. The number of amides is 1. The topological polar surface area (TPSA) is 66.9 Å². The van der Waals surface area contributed by atoms with Crippen LogP contribution in [0.2, 0.25) is 0 Å². The monoisotopic (exact) mass is 438 g/mol. The molecule has 1 aliphatic heterocycles. The molecule has 0 aliphatic carbocycles. The normalized spacial score (nSPS) is 18.6. The Labute approximate surface area is 168 Å². The molecule has 2 unspecified atom stereocenters. The third kappa shape index (κ3) is 4.96. The lowest BCUT2D eigenvalue weighted by Crippen LogP contribution is -2.56. The van der Waals surface area contributed by atoms with Gasteiger partial charge in [0.25, 0.3) is 0 Å². The van der Waals surface area contributed by atoms with Crippen LogP contribution in [0.5, 0.6) is 0 Å². The van der Waals surface area contributed by atoms with Gasteiger partial charge in [-0.15, -0.1) is 0 Å². The van der Waals surface area contributed by atoms with Gasteiger partial charge in [-0.1, -0.05) is 36.2 Å². The highest BCUT2D eigenvalue weighted by Crippen LogP contribution is 2.33. The molecule has 0 aromatic heterocycles. The maximum Gasteiger partial charge on any atom is 0.332 e. The van der Waals surface area contributed by atoms with Crippen molar-refractivity contribution in [2.24, 2.45) is 0 Å². The number of anilines is 1. The summed E-state index contributed by atoms with van der Waals surface area (Å²) < 4.78 is 6.09. The van der Waals surface area contributed by atoms with Crippen molar-refractivity contribution in [2.45, 2.75) is 65.0 Å². The van der Waals surface area contributed by atoms with Crippen molar-refractivity contribution >= 4 is 39.3 Å². The predicted molar refractivity (Wildman–Crippen MR) is 107 cm³/mol. The zero-order valence-electron chi connectivity index (χ0n) is 16.1. The predicted octanol–water partition coefficient (Wildman–Crippen LogP) is 3.87. The molecule has 1 amide bonds. The van der Waals surface area contributed by atoms with Crippen LogP contribution in [0.4, 0.5) is 5.69 Å². The summed E-state index contributed by atoms with van der Waals surface area (Å²) >= 11 is 3.39. The molecule has 2 rings (SSSR count). The number of esters is 1. The van der Waals surface area contributed by atoms with Gasteiger partial charge < -0.3 is 4.74 Å². The number of ether oxygens (including phenoxy) is 1. The van der Waals surface area contributed by atoms with E-state index in [1.54, 1.807) is 24.1 Å². The van der Waals surface area contributed by atoms with Crippen molar-refractivity contribution in [2.75, 3.05) is 11.6 Å². The van der Waals surface area contributed by atoms with E-state index in [4.69, 9.17) is 4.74 Å². The molecule has 7 heteroatoms. The average molecular weight is 439 g/mol. The van der Waals surface area contributed by atoms with Crippen LogP contribution in [-0.4, -0.2) is 41.4 Å². The Hall–Kier alpha value is -1.73. The largest absolute Gasteiger partial charge is 0.464 e. The fraction of sp³-hybridized carbons (Fsp3) is 0.550. The number of benzene rings is 1. The number of ketones is 1. The summed E-state index contributed by atoms with van der Waals surface area (Å²) in [7, 11) is 0. The Morgan fingerprint density at radius 3 is 2.41 bits per heavy atom. The molecule has 0 spiro atoms. The van der Waals surface area contributed by atoms with Gasteiger partial charge in [0, 0.05) is 23.4 Å². The Bertz CT molecular complexity index is 659. The molecule has 2 atom stereocenters. The third-order valence-corrected chi connectivity index (χ3v) is 5.05. The van der Waals surface area contributed by atoms with Gasteiger partial charge in [0.1, 0.15) is 0 Å². The SMILES string of the molecule is CCCC(=O)C(C(=O)OCC)N1C(CCC)CC(=O)N1c1ccc(Br)cc1. The molecule has 1 heterocycles. The molecule has 1 saturated heterocycles. The van der Waals surface area contributed by atoms with Crippen molar-refractivity contribution in [1.29, 1.82) is 0 Å². The minimum atomic E-state index is -1.10. The molecule has 1 aromatic rings. The molecule has 1 fully saturated rings. The second-order valence-electron chi connectivity index (χ2n) is 6.58. The summed E-state index contributed by atoms with van der Waals surface area (Å²) in [6.45, 7) is 5.82. The molecule has 0 saturated carbocycles. The first-order valence-corrected chi connectivity index (χ1v) is 10.3. The van der Waals surface area contributed by atoms with E-state index in [1.165, 1.54) is 5.01 Å². The van der Waals surface area contributed by atoms with Gasteiger partial charge in [0.2, 0.25) is 5.91 Å². The van der Waals surface area contributed by atoms with E-state index in [2.05, 4.69) is 15.9 Å². The van der Waals surface area contributed by atoms with Crippen LogP contribution in [0.15, 0.2) is 28.7 Å². The first-order valence-electron chi connectivity index (χ1n) is 9.50. The Balaban J connectivity index is 2.49. The van der Waals surface area contributed by atoms with E-state index in [9.17, 15) is 14.4 Å². The Morgan fingerprint density at radius 1 is 1.19 bits per heavy atom. The van der Waals surface area contributed by atoms with Gasteiger partial charge in [0.15, 0.2) is 11.8 Å². The number of halogens is 1. The summed E-state index contributed by atoms with van der Waals surface area (Å²) in [4.78, 5) is 38.4. The molecule has 0 N–H and O–H groups in total. The van der Waals surface area contributed by atoms with Crippen LogP contribution in [0.1, 0.15) is 52.9 Å². The molecule has 0 radical (unpaired) electrons. The second-order valence-corrected chi connectivity index (χ2v) is 7.50. The van der Waals surface area contributed by atoms with Crippen LogP contribution in [0.3, 0.4) is 0 Å². The first-order chi connectivity index (χ1) is 12.9. The fourth-order valence-electron chi connectivity index (χ4n) is 3.42. The Morgan fingerprint density at radius 2 is 1.85 bits per heavy atom. The minimum absolute atomic E-state index is 0.116. The number of rotatable bonds is 9. The zero-order valence-corrected chi connectivity index (χ0v) is 17.7. The summed E-state index contributed by atoms with van der Waals surface area (Å²) in [6.07, 6.45) is 2.74. The summed E-state index contributed by atoms with van der Waals surface area (Å²) in [5, 5.41) is 3.15. The van der Waals surface area contributed by atoms with Gasteiger partial charge in [0.05, 0.1) is 12.3 Å². The maximum atomic E-state index is 12.8. The minimum Gasteiger partial charge on any atom is -0.464 e. The standard InChI is InChI=1S/C20H27BrN2O4/c1-4-7-16-13-18(25)22(15-11-9-14(21)10-12-15)23(16)19(17(24)8-5-2)20(26)27-6-3/h9-12,16,19H,4-8,13H2,1-3H3. The number of hydrogen-bond acceptors (Lipinski definition) is 5. The van der Waals surface area contributed by atoms with Crippen molar-refractivity contribution in [3.8, 4) is 0 Å². The highest BCUT2D eigenvalue weighted by atomic mass is 79.9. The lowest BCUT2D eigenvalue weighted by molar-refractivity contribution is -0.154. The van der Waals surface area contributed by atoms with Crippen LogP contribution >= 0.6 is 15.9 Å². The number of Topliss-reactive ketones (excluding diaryl/α,β-unsaturated/α-hetero) is 1. The molecular weight excluding hydrogens is 412 g/mol. The number of hydrazine groups is 1. The molecule has 27 heavy (non-hydrogen) atoms. The van der Waals surface area contributed by atoms with Crippen LogP contribution < -0.4 is 5.01 Å². The smallest absolute Gasteiger partial charge is 0.332 e. The number of hydrogen-bond donors (Lipinski definition) is 0. The van der Waals surface area contributed by atoms with Gasteiger partial charge in [-0.25, -0.2) is 9.80 Å². The molecule has 6 nitrogen and oxygen atoms in total. The Kier molecular flexibility index (Phi) is 7.98. The van der Waals surface area contributed by atoms with Gasteiger partial charge in [-0.3, -0.25) is 9.59 Å². The lowest BCUT2D eigenvalue weighted by atomic mass is 10.0. The second kappa shape index (κ2) is 9.99. The first kappa shape index (κ1) is 21.6. The van der Waals surface area contributed by atoms with Gasteiger partial charge in [-0.2, -0.15) is 5.01 Å². The molecule has 1 aromatic carbocycles. The van der Waals surface area contributed by atoms with Crippen molar-refractivity contribution in [3.63, 3.8) is 0 Å². The molecule has 0 bridgehead atoms.